The third-order valence-electron chi connectivity index (χ3n) is 3.11. The van der Waals surface area contributed by atoms with Crippen molar-refractivity contribution >= 4 is 10.0 Å². The third kappa shape index (κ3) is 3.54. The van der Waals surface area contributed by atoms with Crippen LogP contribution in [-0.4, -0.2) is 42.6 Å². The van der Waals surface area contributed by atoms with E-state index < -0.39 is 10.0 Å². The minimum atomic E-state index is -3.22. The van der Waals surface area contributed by atoms with Crippen molar-refractivity contribution in [3.63, 3.8) is 0 Å². The molecule has 0 radical (unpaired) electrons. The molecule has 0 amide bonds. The number of nitrogens with zero attached hydrogens (tertiary/aromatic N) is 2. The van der Waals surface area contributed by atoms with Gasteiger partial charge in [0.1, 0.15) is 0 Å². The van der Waals surface area contributed by atoms with Crippen molar-refractivity contribution in [3.05, 3.63) is 18.5 Å². The molecule has 0 aromatic carbocycles. The first-order chi connectivity index (χ1) is 8.58. The summed E-state index contributed by atoms with van der Waals surface area (Å²) in [7, 11) is -3.22. The Morgan fingerprint density at radius 1 is 1.50 bits per heavy atom. The van der Waals surface area contributed by atoms with Crippen LogP contribution in [0.4, 0.5) is 0 Å². The van der Waals surface area contributed by atoms with Crippen LogP contribution in [0.3, 0.4) is 0 Å². The molecule has 1 unspecified atom stereocenters. The summed E-state index contributed by atoms with van der Waals surface area (Å²) in [5, 5.41) is 6.98. The second-order valence-electron chi connectivity index (χ2n) is 4.74. The number of aromatic nitrogens is 2. The van der Waals surface area contributed by atoms with E-state index in [0.717, 1.165) is 13.1 Å². The zero-order chi connectivity index (χ0) is 13.0. The topological polar surface area (TPSA) is 76.0 Å². The molecule has 102 valence electrons. The Morgan fingerprint density at radius 2 is 2.22 bits per heavy atom. The summed E-state index contributed by atoms with van der Waals surface area (Å²) in [6.45, 7) is 3.97. The molecule has 1 atom stereocenters. The third-order valence-corrected chi connectivity index (χ3v) is 5.19. The highest BCUT2D eigenvalue weighted by atomic mass is 32.2. The van der Waals surface area contributed by atoms with Gasteiger partial charge in [0.15, 0.2) is 0 Å². The predicted octanol–water partition coefficient (Wildman–Crippen LogP) is -0.0570. The summed E-state index contributed by atoms with van der Waals surface area (Å²) in [4.78, 5) is 0. The van der Waals surface area contributed by atoms with Gasteiger partial charge in [0.25, 0.3) is 0 Å². The number of rotatable bonds is 5. The molecule has 0 bridgehead atoms. The van der Waals surface area contributed by atoms with Gasteiger partial charge in [-0.25, -0.2) is 13.1 Å². The van der Waals surface area contributed by atoms with E-state index in [0.29, 0.717) is 19.4 Å². The van der Waals surface area contributed by atoms with Gasteiger partial charge in [-0.3, -0.25) is 4.68 Å². The SMILES string of the molecule is CC(Cn1cccn1)NS(=O)(=O)C1CCNCC1. The zero-order valence-electron chi connectivity index (χ0n) is 10.5. The molecule has 0 aliphatic carbocycles. The molecular weight excluding hydrogens is 252 g/mol. The first-order valence-electron chi connectivity index (χ1n) is 6.27. The van der Waals surface area contributed by atoms with Gasteiger partial charge in [-0.1, -0.05) is 0 Å². The summed E-state index contributed by atoms with van der Waals surface area (Å²) in [6.07, 6.45) is 4.89. The Labute approximate surface area is 108 Å². The molecule has 1 aromatic heterocycles. The fourth-order valence-corrected chi connectivity index (χ4v) is 3.89. The van der Waals surface area contributed by atoms with Crippen LogP contribution in [0.2, 0.25) is 0 Å². The van der Waals surface area contributed by atoms with Gasteiger partial charge in [-0.15, -0.1) is 0 Å². The minimum absolute atomic E-state index is 0.148. The molecule has 1 aliphatic heterocycles. The molecule has 7 heteroatoms. The van der Waals surface area contributed by atoms with E-state index >= 15 is 0 Å². The van der Waals surface area contributed by atoms with E-state index in [-0.39, 0.29) is 11.3 Å². The van der Waals surface area contributed by atoms with Crippen LogP contribution < -0.4 is 10.0 Å². The molecule has 2 heterocycles. The second-order valence-corrected chi connectivity index (χ2v) is 6.73. The Bertz CT molecular complexity index is 451. The maximum Gasteiger partial charge on any atom is 0.214 e. The summed E-state index contributed by atoms with van der Waals surface area (Å²) in [6, 6.07) is 1.68. The first kappa shape index (κ1) is 13.5. The molecule has 1 saturated heterocycles. The average Bonchev–Trinajstić information content (AvgIpc) is 2.82. The van der Waals surface area contributed by atoms with Crippen molar-refractivity contribution in [3.8, 4) is 0 Å². The zero-order valence-corrected chi connectivity index (χ0v) is 11.4. The van der Waals surface area contributed by atoms with Crippen molar-refractivity contribution in [2.24, 2.45) is 0 Å². The summed E-state index contributed by atoms with van der Waals surface area (Å²) in [5.74, 6) is 0. The Balaban J connectivity index is 1.90. The lowest BCUT2D eigenvalue weighted by Gasteiger charge is -2.24. The van der Waals surface area contributed by atoms with Crippen molar-refractivity contribution in [2.75, 3.05) is 13.1 Å². The molecule has 18 heavy (non-hydrogen) atoms. The highest BCUT2D eigenvalue weighted by Gasteiger charge is 2.28. The lowest BCUT2D eigenvalue weighted by Crippen LogP contribution is -2.45. The molecule has 2 rings (SSSR count). The van der Waals surface area contributed by atoms with Crippen LogP contribution in [-0.2, 0) is 16.6 Å². The Hall–Kier alpha value is -0.920. The second kappa shape index (κ2) is 5.81. The first-order valence-corrected chi connectivity index (χ1v) is 7.82. The van der Waals surface area contributed by atoms with Gasteiger partial charge in [0, 0.05) is 18.4 Å². The molecule has 0 spiro atoms. The molecule has 6 nitrogen and oxygen atoms in total. The standard InChI is InChI=1S/C11H20N4O2S/c1-10(9-15-8-2-5-13-15)14-18(16,17)11-3-6-12-7-4-11/h2,5,8,10-12,14H,3-4,6-7,9H2,1H3. The average molecular weight is 272 g/mol. The van der Waals surface area contributed by atoms with Gasteiger partial charge >= 0.3 is 0 Å². The van der Waals surface area contributed by atoms with Gasteiger partial charge < -0.3 is 5.32 Å². The van der Waals surface area contributed by atoms with Crippen molar-refractivity contribution in [2.45, 2.75) is 37.6 Å². The largest absolute Gasteiger partial charge is 0.317 e. The number of nitrogens with one attached hydrogen (secondary N) is 2. The van der Waals surface area contributed by atoms with Crippen LogP contribution >= 0.6 is 0 Å². The van der Waals surface area contributed by atoms with Crippen LogP contribution in [0.5, 0.6) is 0 Å². The van der Waals surface area contributed by atoms with Crippen molar-refractivity contribution < 1.29 is 8.42 Å². The Morgan fingerprint density at radius 3 is 2.83 bits per heavy atom. The van der Waals surface area contributed by atoms with Gasteiger partial charge in [0.2, 0.25) is 10.0 Å². The summed E-state index contributed by atoms with van der Waals surface area (Å²) < 4.78 is 28.8. The van der Waals surface area contributed by atoms with E-state index in [9.17, 15) is 8.42 Å². The van der Waals surface area contributed by atoms with E-state index in [4.69, 9.17) is 0 Å². The molecular formula is C11H20N4O2S. The van der Waals surface area contributed by atoms with Gasteiger partial charge in [-0.2, -0.15) is 5.10 Å². The molecule has 2 N–H and O–H groups in total. The smallest absolute Gasteiger partial charge is 0.214 e. The molecule has 0 saturated carbocycles. The van der Waals surface area contributed by atoms with Crippen LogP contribution in [0.25, 0.3) is 0 Å². The molecule has 1 fully saturated rings. The van der Waals surface area contributed by atoms with Crippen LogP contribution in [0.15, 0.2) is 18.5 Å². The normalized spacial score (nSPS) is 19.8. The van der Waals surface area contributed by atoms with E-state index in [1.54, 1.807) is 10.9 Å². The number of piperidine rings is 1. The number of hydrogen-bond acceptors (Lipinski definition) is 4. The van der Waals surface area contributed by atoms with Crippen molar-refractivity contribution in [1.82, 2.24) is 19.8 Å². The van der Waals surface area contributed by atoms with Crippen LogP contribution in [0, 0.1) is 0 Å². The molecule has 1 aliphatic rings. The Kier molecular flexibility index (Phi) is 4.36. The van der Waals surface area contributed by atoms with Crippen molar-refractivity contribution in [1.29, 1.82) is 0 Å². The maximum absolute atomic E-state index is 12.2. The highest BCUT2D eigenvalue weighted by Crippen LogP contribution is 2.12. The van der Waals surface area contributed by atoms with Crippen LogP contribution in [0.1, 0.15) is 19.8 Å². The molecule has 1 aromatic rings. The predicted molar refractivity (Wildman–Crippen MR) is 69.6 cm³/mol. The number of sulfonamides is 1. The monoisotopic (exact) mass is 272 g/mol. The quantitative estimate of drug-likeness (QED) is 0.787. The van der Waals surface area contributed by atoms with E-state index in [2.05, 4.69) is 15.1 Å². The fraction of sp³-hybridized carbons (Fsp3) is 0.727. The van der Waals surface area contributed by atoms with E-state index in [1.807, 2.05) is 19.2 Å². The lowest BCUT2D eigenvalue weighted by atomic mass is 10.2. The maximum atomic E-state index is 12.2. The summed E-state index contributed by atoms with van der Waals surface area (Å²) in [5.41, 5.74) is 0. The summed E-state index contributed by atoms with van der Waals surface area (Å²) >= 11 is 0. The minimum Gasteiger partial charge on any atom is -0.317 e. The van der Waals surface area contributed by atoms with Gasteiger partial charge in [0.05, 0.1) is 11.8 Å². The fourth-order valence-electron chi connectivity index (χ4n) is 2.21. The number of hydrogen-bond donors (Lipinski definition) is 2. The lowest BCUT2D eigenvalue weighted by molar-refractivity contribution is 0.464. The van der Waals surface area contributed by atoms with E-state index in [1.165, 1.54) is 0 Å². The van der Waals surface area contributed by atoms with Gasteiger partial charge in [-0.05, 0) is 38.9 Å². The highest BCUT2D eigenvalue weighted by molar-refractivity contribution is 7.90.